The predicted octanol–water partition coefficient (Wildman–Crippen LogP) is 4.51. The molecule has 2 aliphatic heterocycles. The fourth-order valence-electron chi connectivity index (χ4n) is 6.64. The lowest BCUT2D eigenvalue weighted by Gasteiger charge is -2.31. The predicted molar refractivity (Wildman–Crippen MR) is 198 cm³/mol. The molecule has 5 atom stereocenters. The number of aromatic amines is 1. The maximum atomic E-state index is 14.2. The molecule has 5 N–H and O–H groups in total. The number of benzene rings is 3. The second-order valence-electron chi connectivity index (χ2n) is 13.6. The van der Waals surface area contributed by atoms with Crippen LogP contribution in [-0.2, 0) is 30.7 Å². The first-order valence-electron chi connectivity index (χ1n) is 17.6. The van der Waals surface area contributed by atoms with Gasteiger partial charge in [-0.1, -0.05) is 68.4 Å². The van der Waals surface area contributed by atoms with E-state index in [0.717, 1.165) is 17.7 Å². The monoisotopic (exact) mass is 733 g/mol. The van der Waals surface area contributed by atoms with Crippen LogP contribution in [0.3, 0.4) is 0 Å². The first-order valence-corrected chi connectivity index (χ1v) is 19.1. The Bertz CT molecular complexity index is 1920. The Morgan fingerprint density at radius 1 is 1.08 bits per heavy atom. The fourth-order valence-corrected chi connectivity index (χ4v) is 8.28. The summed E-state index contributed by atoms with van der Waals surface area (Å²) >= 11 is 0. The number of aliphatic hydroxyl groups excluding tert-OH is 1. The van der Waals surface area contributed by atoms with E-state index in [1.165, 1.54) is 16.4 Å². The van der Waals surface area contributed by atoms with Gasteiger partial charge >= 0.3 is 6.09 Å². The number of carbonyl (C=O) groups excluding carboxylic acids is 1. The molecule has 3 aromatic carbocycles. The normalized spacial score (nSPS) is 20.1. The Kier molecular flexibility index (Phi) is 12.1. The van der Waals surface area contributed by atoms with E-state index in [4.69, 9.17) is 14.2 Å². The van der Waals surface area contributed by atoms with E-state index in [0.29, 0.717) is 36.2 Å². The molecule has 6 rings (SSSR count). The summed E-state index contributed by atoms with van der Waals surface area (Å²) in [6.45, 7) is 5.43. The van der Waals surface area contributed by atoms with Crippen molar-refractivity contribution < 1.29 is 37.6 Å². The number of amides is 1. The number of nitrogens with one attached hydrogen (secondary N) is 3. The summed E-state index contributed by atoms with van der Waals surface area (Å²) in [4.78, 5) is 20.5. The fraction of sp³-hybridized carbons (Fsp3) is 0.421. The highest BCUT2D eigenvalue weighted by Crippen LogP contribution is 2.33. The van der Waals surface area contributed by atoms with E-state index >= 15 is 0 Å². The van der Waals surface area contributed by atoms with E-state index in [2.05, 4.69) is 20.6 Å². The van der Waals surface area contributed by atoms with Crippen LogP contribution in [-0.4, -0.2) is 104 Å². The minimum Gasteiger partial charge on any atom is -0.494 e. The van der Waals surface area contributed by atoms with Crippen molar-refractivity contribution in [3.05, 3.63) is 90.0 Å². The Labute approximate surface area is 304 Å². The molecule has 278 valence electrons. The third-order valence-electron chi connectivity index (χ3n) is 9.26. The number of carbonyl (C=O) groups is 1. The largest absolute Gasteiger partial charge is 0.494 e. The van der Waals surface area contributed by atoms with Gasteiger partial charge in [0.25, 0.3) is 0 Å². The van der Waals surface area contributed by atoms with Gasteiger partial charge in [-0.25, -0.2) is 13.2 Å². The second-order valence-corrected chi connectivity index (χ2v) is 15.6. The molecule has 13 nitrogen and oxygen atoms in total. The molecule has 0 unspecified atom stereocenters. The van der Waals surface area contributed by atoms with Gasteiger partial charge in [-0.05, 0) is 48.6 Å². The number of anilines is 1. The van der Waals surface area contributed by atoms with Crippen molar-refractivity contribution in [1.29, 1.82) is 0 Å². The maximum Gasteiger partial charge on any atom is 0.407 e. The standard InChI is InChI=1S/C38H47N5O8S/c1-25(2)22-43(23-34(44)33(19-26-9-5-3-6-10-26)42-38(46)51-35-24-50-37-30(35)15-18-49-37)52(47,48)28-13-14-29-31(36(45)41-32(29)20-28)21-39-16-17-40-27-11-7-4-8-12-27/h3-14,20-21,25,30,33-35,37,40-41,44-45H,15-19,22-24H2,1-2H3,(H,42,46)/t30-,33+,34-,35+,37+/m1/s1. The lowest BCUT2D eigenvalue weighted by Crippen LogP contribution is -2.51. The average molecular weight is 734 g/mol. The number of para-hydroxylation sites is 1. The quantitative estimate of drug-likeness (QED) is 0.0820. The van der Waals surface area contributed by atoms with Gasteiger partial charge < -0.3 is 40.0 Å². The molecule has 0 bridgehead atoms. The number of aromatic hydroxyl groups is 1. The van der Waals surface area contributed by atoms with Gasteiger partial charge in [0.05, 0.1) is 53.8 Å². The van der Waals surface area contributed by atoms with E-state index in [-0.39, 0.29) is 55.0 Å². The summed E-state index contributed by atoms with van der Waals surface area (Å²) < 4.78 is 46.5. The second kappa shape index (κ2) is 16.9. The molecule has 52 heavy (non-hydrogen) atoms. The first kappa shape index (κ1) is 37.3. The van der Waals surface area contributed by atoms with Gasteiger partial charge in [-0.2, -0.15) is 4.31 Å². The number of hydrogen-bond acceptors (Lipinski definition) is 10. The van der Waals surface area contributed by atoms with Gasteiger partial charge in [-0.3, -0.25) is 4.99 Å². The molecule has 2 fully saturated rings. The third kappa shape index (κ3) is 9.11. The van der Waals surface area contributed by atoms with Crippen molar-refractivity contribution in [1.82, 2.24) is 14.6 Å². The Balaban J connectivity index is 1.16. The molecule has 2 saturated heterocycles. The van der Waals surface area contributed by atoms with Crippen molar-refractivity contribution in [2.24, 2.45) is 16.8 Å². The van der Waals surface area contributed by atoms with Crippen LogP contribution in [0, 0.1) is 11.8 Å². The van der Waals surface area contributed by atoms with Gasteiger partial charge in [0, 0.05) is 36.9 Å². The zero-order valence-corrected chi connectivity index (χ0v) is 30.2. The van der Waals surface area contributed by atoms with Crippen molar-refractivity contribution in [2.75, 3.05) is 44.7 Å². The Hall–Kier alpha value is -4.47. The molecule has 1 aromatic heterocycles. The first-order chi connectivity index (χ1) is 25.1. The minimum absolute atomic E-state index is 0.00815. The molecule has 4 aromatic rings. The number of aliphatic imine (C=N–C) groups is 1. The molecule has 3 heterocycles. The van der Waals surface area contributed by atoms with E-state index in [1.807, 2.05) is 74.5 Å². The number of aliphatic hydroxyl groups is 1. The number of sulfonamides is 1. The molecule has 0 aliphatic carbocycles. The maximum absolute atomic E-state index is 14.2. The average Bonchev–Trinajstić information content (AvgIpc) is 3.83. The highest BCUT2D eigenvalue weighted by atomic mass is 32.2. The number of H-pyrrole nitrogens is 1. The number of ether oxygens (including phenoxy) is 3. The van der Waals surface area contributed by atoms with Crippen molar-refractivity contribution in [3.63, 3.8) is 0 Å². The van der Waals surface area contributed by atoms with Crippen LogP contribution < -0.4 is 10.6 Å². The number of hydrogen-bond donors (Lipinski definition) is 5. The number of alkyl carbamates (subject to hydrolysis) is 1. The molecule has 2 aliphatic rings. The number of aromatic nitrogens is 1. The Morgan fingerprint density at radius 2 is 1.83 bits per heavy atom. The smallest absolute Gasteiger partial charge is 0.407 e. The summed E-state index contributed by atoms with van der Waals surface area (Å²) in [5.41, 5.74) is 2.71. The van der Waals surface area contributed by atoms with E-state index in [1.54, 1.807) is 12.3 Å². The summed E-state index contributed by atoms with van der Waals surface area (Å²) in [6.07, 6.45) is -0.351. The summed E-state index contributed by atoms with van der Waals surface area (Å²) in [5.74, 6) is -0.256. The lowest BCUT2D eigenvalue weighted by atomic mass is 10.0. The zero-order valence-electron chi connectivity index (χ0n) is 29.4. The van der Waals surface area contributed by atoms with Crippen LogP contribution in [0.25, 0.3) is 10.9 Å². The molecule has 14 heteroatoms. The summed E-state index contributed by atoms with van der Waals surface area (Å²) in [5, 5.41) is 29.0. The molecule has 0 radical (unpaired) electrons. The Morgan fingerprint density at radius 3 is 2.58 bits per heavy atom. The van der Waals surface area contributed by atoms with Gasteiger partial charge in [0.15, 0.2) is 12.2 Å². The van der Waals surface area contributed by atoms with Crippen LogP contribution in [0.1, 0.15) is 31.4 Å². The number of nitrogens with zero attached hydrogens (tertiary/aromatic N) is 2. The highest BCUT2D eigenvalue weighted by molar-refractivity contribution is 7.89. The molecular weight excluding hydrogens is 687 g/mol. The number of fused-ring (bicyclic) bond motifs is 2. The van der Waals surface area contributed by atoms with E-state index < -0.39 is 34.4 Å². The molecule has 1 amide bonds. The SMILES string of the molecule is CC(C)CN(C[C@@H](O)[C@H](Cc1ccccc1)NC(=O)O[C@H]1CO[C@@H]2OCC[C@@H]21)S(=O)(=O)c1ccc2c(C=NCCNc3ccccc3)c(O)[nH]c2c1. The van der Waals surface area contributed by atoms with Crippen LogP contribution in [0.5, 0.6) is 5.88 Å². The minimum atomic E-state index is -4.14. The van der Waals surface area contributed by atoms with Crippen LogP contribution in [0.4, 0.5) is 10.5 Å². The van der Waals surface area contributed by atoms with Crippen molar-refractivity contribution >= 4 is 38.9 Å². The van der Waals surface area contributed by atoms with Gasteiger partial charge in [-0.15, -0.1) is 0 Å². The lowest BCUT2D eigenvalue weighted by molar-refractivity contribution is -0.0907. The van der Waals surface area contributed by atoms with Crippen molar-refractivity contribution in [2.45, 2.75) is 56.1 Å². The van der Waals surface area contributed by atoms with Crippen molar-refractivity contribution in [3.8, 4) is 5.88 Å². The molecular formula is C38H47N5O8S. The number of rotatable bonds is 16. The van der Waals surface area contributed by atoms with Gasteiger partial charge in [0.1, 0.15) is 6.10 Å². The summed E-state index contributed by atoms with van der Waals surface area (Å²) in [6, 6.07) is 22.8. The molecule has 0 saturated carbocycles. The van der Waals surface area contributed by atoms with Gasteiger partial charge in [0.2, 0.25) is 10.0 Å². The highest BCUT2D eigenvalue weighted by Gasteiger charge is 2.44. The zero-order chi connectivity index (χ0) is 36.7. The molecule has 0 spiro atoms. The third-order valence-corrected chi connectivity index (χ3v) is 11.1. The van der Waals surface area contributed by atoms with Crippen LogP contribution >= 0.6 is 0 Å². The van der Waals surface area contributed by atoms with Crippen LogP contribution in [0.15, 0.2) is 88.8 Å². The topological polar surface area (TPSA) is 175 Å². The van der Waals surface area contributed by atoms with Crippen LogP contribution in [0.2, 0.25) is 0 Å². The van der Waals surface area contributed by atoms with E-state index in [9.17, 15) is 23.4 Å². The summed E-state index contributed by atoms with van der Waals surface area (Å²) in [7, 11) is -4.14.